The number of benzene rings is 2. The molecule has 0 aromatic heterocycles. The lowest BCUT2D eigenvalue weighted by atomic mass is 10.1. The van der Waals surface area contributed by atoms with Crippen LogP contribution in [0.4, 0.5) is 0 Å². The molecule has 2 aromatic carbocycles. The van der Waals surface area contributed by atoms with Gasteiger partial charge in [0.2, 0.25) is 0 Å². The van der Waals surface area contributed by atoms with Crippen molar-refractivity contribution >= 4 is 35.1 Å². The van der Waals surface area contributed by atoms with Gasteiger partial charge in [-0.05, 0) is 48.7 Å². The van der Waals surface area contributed by atoms with E-state index in [9.17, 15) is 4.79 Å². The zero-order valence-corrected chi connectivity index (χ0v) is 17.9. The van der Waals surface area contributed by atoms with Crippen molar-refractivity contribution in [1.82, 2.24) is 15.5 Å². The minimum atomic E-state index is -0.0108. The van der Waals surface area contributed by atoms with Gasteiger partial charge in [-0.1, -0.05) is 41.4 Å². The molecule has 2 aromatic rings. The number of hydrogen-bond acceptors (Lipinski definition) is 2. The van der Waals surface area contributed by atoms with Crippen molar-refractivity contribution < 1.29 is 4.79 Å². The third kappa shape index (κ3) is 6.43. The lowest BCUT2D eigenvalue weighted by Gasteiger charge is -2.13. The molecule has 150 valence electrons. The molecule has 0 radical (unpaired) electrons. The van der Waals surface area contributed by atoms with Crippen LogP contribution in [-0.4, -0.2) is 44.0 Å². The molecule has 0 atom stereocenters. The Balaban J connectivity index is 1.95. The summed E-state index contributed by atoms with van der Waals surface area (Å²) in [4.78, 5) is 18.1. The summed E-state index contributed by atoms with van der Waals surface area (Å²) in [5, 5.41) is 7.86. The van der Waals surface area contributed by atoms with E-state index in [1.807, 2.05) is 49.4 Å². The first-order chi connectivity index (χ1) is 13.4. The number of aliphatic imine (C=N–C) groups is 1. The van der Waals surface area contributed by atoms with Gasteiger partial charge in [-0.15, -0.1) is 0 Å². The van der Waals surface area contributed by atoms with E-state index in [1.165, 1.54) is 0 Å². The van der Waals surface area contributed by atoms with E-state index in [4.69, 9.17) is 23.2 Å². The molecule has 0 saturated carbocycles. The maximum Gasteiger partial charge on any atom is 0.253 e. The first-order valence-corrected chi connectivity index (χ1v) is 9.93. The molecule has 0 aliphatic heterocycles. The van der Waals surface area contributed by atoms with Crippen molar-refractivity contribution in [2.45, 2.75) is 19.9 Å². The molecule has 0 bridgehead atoms. The molecular weight excluding hydrogens is 395 g/mol. The highest BCUT2D eigenvalue weighted by Gasteiger charge is 2.08. The van der Waals surface area contributed by atoms with Crippen LogP contribution < -0.4 is 10.6 Å². The average Bonchev–Trinajstić information content (AvgIpc) is 2.68. The summed E-state index contributed by atoms with van der Waals surface area (Å²) < 4.78 is 0. The van der Waals surface area contributed by atoms with E-state index in [0.29, 0.717) is 35.1 Å². The summed E-state index contributed by atoms with van der Waals surface area (Å²) in [6.07, 6.45) is 0.699. The smallest absolute Gasteiger partial charge is 0.253 e. The number of guanidine groups is 1. The molecule has 5 nitrogen and oxygen atoms in total. The van der Waals surface area contributed by atoms with E-state index < -0.39 is 0 Å². The predicted octanol–water partition coefficient (Wildman–Crippen LogP) is 3.99. The molecule has 1 amide bonds. The molecule has 7 heteroatoms. The topological polar surface area (TPSA) is 56.7 Å². The third-order valence-corrected chi connectivity index (χ3v) is 4.81. The second-order valence-electron chi connectivity index (χ2n) is 6.47. The fourth-order valence-electron chi connectivity index (χ4n) is 2.60. The molecule has 0 fully saturated rings. The van der Waals surface area contributed by atoms with E-state index >= 15 is 0 Å². The fourth-order valence-corrected chi connectivity index (χ4v) is 3.19. The number of amides is 1. The highest BCUT2D eigenvalue weighted by atomic mass is 35.5. The molecule has 2 N–H and O–H groups in total. The summed E-state index contributed by atoms with van der Waals surface area (Å²) in [6, 6.07) is 13.0. The van der Waals surface area contributed by atoms with Gasteiger partial charge in [-0.3, -0.25) is 4.79 Å². The zero-order chi connectivity index (χ0) is 20.5. The quantitative estimate of drug-likeness (QED) is 0.525. The van der Waals surface area contributed by atoms with Crippen molar-refractivity contribution in [3.8, 4) is 0 Å². The van der Waals surface area contributed by atoms with Crippen LogP contribution in [0.2, 0.25) is 10.0 Å². The Morgan fingerprint density at radius 2 is 1.68 bits per heavy atom. The Labute approximate surface area is 176 Å². The van der Waals surface area contributed by atoms with Gasteiger partial charge in [0.05, 0.1) is 6.54 Å². The fraction of sp³-hybridized carbons (Fsp3) is 0.333. The minimum absolute atomic E-state index is 0.0108. The van der Waals surface area contributed by atoms with Gasteiger partial charge in [-0.2, -0.15) is 0 Å². The number of carbonyl (C=O) groups is 1. The molecule has 0 aliphatic carbocycles. The van der Waals surface area contributed by atoms with Crippen LogP contribution in [0, 0.1) is 0 Å². The van der Waals surface area contributed by atoms with Crippen LogP contribution in [0.5, 0.6) is 0 Å². The Morgan fingerprint density at radius 3 is 2.25 bits per heavy atom. The van der Waals surface area contributed by atoms with E-state index in [1.54, 1.807) is 19.0 Å². The summed E-state index contributed by atoms with van der Waals surface area (Å²) in [6.45, 7) is 3.95. The molecule has 0 unspecified atom stereocenters. The second kappa shape index (κ2) is 10.9. The first-order valence-electron chi connectivity index (χ1n) is 9.18. The van der Waals surface area contributed by atoms with Crippen LogP contribution in [0.3, 0.4) is 0 Å². The number of nitrogens with zero attached hydrogens (tertiary/aromatic N) is 2. The van der Waals surface area contributed by atoms with E-state index in [2.05, 4.69) is 15.6 Å². The van der Waals surface area contributed by atoms with Gasteiger partial charge >= 0.3 is 0 Å². The molecule has 0 spiro atoms. The maximum atomic E-state index is 11.9. The summed E-state index contributed by atoms with van der Waals surface area (Å²) in [5.74, 6) is 0.711. The highest BCUT2D eigenvalue weighted by molar-refractivity contribution is 6.36. The third-order valence-electron chi connectivity index (χ3n) is 4.10. The molecule has 0 saturated heterocycles. The molecule has 28 heavy (non-hydrogen) atoms. The van der Waals surface area contributed by atoms with Crippen molar-refractivity contribution in [2.24, 2.45) is 4.99 Å². The predicted molar refractivity (Wildman–Crippen MR) is 117 cm³/mol. The van der Waals surface area contributed by atoms with E-state index in [0.717, 1.165) is 23.6 Å². The van der Waals surface area contributed by atoms with Gasteiger partial charge < -0.3 is 15.5 Å². The van der Waals surface area contributed by atoms with Crippen molar-refractivity contribution in [3.05, 3.63) is 69.2 Å². The van der Waals surface area contributed by atoms with Crippen LogP contribution in [-0.2, 0) is 13.0 Å². The summed E-state index contributed by atoms with van der Waals surface area (Å²) in [5.41, 5.74) is 2.62. The van der Waals surface area contributed by atoms with Gasteiger partial charge in [0.15, 0.2) is 5.96 Å². The lowest BCUT2D eigenvalue weighted by Crippen LogP contribution is -2.38. The van der Waals surface area contributed by atoms with Crippen molar-refractivity contribution in [3.63, 3.8) is 0 Å². The van der Waals surface area contributed by atoms with Crippen molar-refractivity contribution in [1.29, 1.82) is 0 Å². The molecular formula is C21H26Cl2N4O. The number of nitrogens with one attached hydrogen (secondary N) is 2. The number of rotatable bonds is 7. The van der Waals surface area contributed by atoms with Gasteiger partial charge in [0.1, 0.15) is 0 Å². The second-order valence-corrected chi connectivity index (χ2v) is 7.28. The first kappa shape index (κ1) is 22.1. The number of halogens is 2. The van der Waals surface area contributed by atoms with Crippen LogP contribution in [0.25, 0.3) is 0 Å². The highest BCUT2D eigenvalue weighted by Crippen LogP contribution is 2.24. The summed E-state index contributed by atoms with van der Waals surface area (Å²) >= 11 is 12.4. The SMILES string of the molecule is CCNC(=NCc1ccc(C(=O)N(C)C)cc1)NCCc1c(Cl)cccc1Cl. The lowest BCUT2D eigenvalue weighted by molar-refractivity contribution is 0.0827. The average molecular weight is 421 g/mol. The standard InChI is InChI=1S/C21H26Cl2N4O/c1-4-24-21(25-13-12-17-18(22)6-5-7-19(17)23)26-14-15-8-10-16(11-9-15)20(28)27(2)3/h5-11H,4,12-14H2,1-3H3,(H2,24,25,26). The molecule has 2 rings (SSSR count). The van der Waals surface area contributed by atoms with Gasteiger partial charge in [0, 0.05) is 42.8 Å². The Bertz CT molecular complexity index is 799. The Morgan fingerprint density at radius 1 is 1.04 bits per heavy atom. The normalized spacial score (nSPS) is 11.2. The van der Waals surface area contributed by atoms with E-state index in [-0.39, 0.29) is 5.91 Å². The number of carbonyl (C=O) groups excluding carboxylic acids is 1. The van der Waals surface area contributed by atoms with Crippen molar-refractivity contribution in [2.75, 3.05) is 27.2 Å². The van der Waals surface area contributed by atoms with Crippen LogP contribution in [0.15, 0.2) is 47.5 Å². The van der Waals surface area contributed by atoms with Gasteiger partial charge in [0.25, 0.3) is 5.91 Å². The van der Waals surface area contributed by atoms with Crippen LogP contribution in [0.1, 0.15) is 28.4 Å². The zero-order valence-electron chi connectivity index (χ0n) is 16.4. The van der Waals surface area contributed by atoms with Crippen LogP contribution >= 0.6 is 23.2 Å². The molecule has 0 aliphatic rings. The minimum Gasteiger partial charge on any atom is -0.357 e. The maximum absolute atomic E-state index is 11.9. The Kier molecular flexibility index (Phi) is 8.61. The molecule has 0 heterocycles. The number of hydrogen-bond donors (Lipinski definition) is 2. The monoisotopic (exact) mass is 420 g/mol. The Hall–Kier alpha value is -2.24. The van der Waals surface area contributed by atoms with Gasteiger partial charge in [-0.25, -0.2) is 4.99 Å². The largest absolute Gasteiger partial charge is 0.357 e. The summed E-state index contributed by atoms with van der Waals surface area (Å²) in [7, 11) is 3.48.